The van der Waals surface area contributed by atoms with Crippen LogP contribution >= 0.6 is 15.9 Å². The van der Waals surface area contributed by atoms with E-state index in [0.29, 0.717) is 5.92 Å². The molecule has 0 heterocycles. The molecule has 2 rings (SSSR count). The molecule has 0 radical (unpaired) electrons. The Morgan fingerprint density at radius 1 is 1.41 bits per heavy atom. The van der Waals surface area contributed by atoms with Gasteiger partial charge in [0, 0.05) is 16.1 Å². The van der Waals surface area contributed by atoms with E-state index < -0.39 is 0 Å². The van der Waals surface area contributed by atoms with Gasteiger partial charge in [-0.2, -0.15) is 0 Å². The summed E-state index contributed by atoms with van der Waals surface area (Å²) in [6, 6.07) is 5.94. The highest BCUT2D eigenvalue weighted by atomic mass is 79.9. The van der Waals surface area contributed by atoms with Gasteiger partial charge in [-0.3, -0.25) is 4.79 Å². The van der Waals surface area contributed by atoms with Crippen molar-refractivity contribution >= 4 is 27.5 Å². The van der Waals surface area contributed by atoms with Crippen molar-refractivity contribution in [3.05, 3.63) is 28.2 Å². The molecule has 1 saturated carbocycles. The second-order valence-electron chi connectivity index (χ2n) is 4.96. The summed E-state index contributed by atoms with van der Waals surface area (Å²) >= 11 is 3.43. The lowest BCUT2D eigenvalue weighted by atomic mass is 9.97. The van der Waals surface area contributed by atoms with Gasteiger partial charge in [-0.1, -0.05) is 29.3 Å². The zero-order valence-corrected chi connectivity index (χ0v) is 11.9. The third-order valence-electron chi connectivity index (χ3n) is 3.64. The first-order chi connectivity index (χ1) is 8.08. The number of aryl methyl sites for hydroxylation is 1. The van der Waals surface area contributed by atoms with Crippen LogP contribution in [0.1, 0.15) is 31.7 Å². The molecule has 1 aliphatic rings. The third kappa shape index (κ3) is 2.89. The largest absolute Gasteiger partial charge is 0.326 e. The Morgan fingerprint density at radius 3 is 2.76 bits per heavy atom. The van der Waals surface area contributed by atoms with Crippen molar-refractivity contribution < 1.29 is 4.79 Å². The van der Waals surface area contributed by atoms with Gasteiger partial charge in [-0.15, -0.1) is 0 Å². The summed E-state index contributed by atoms with van der Waals surface area (Å²) in [7, 11) is 0. The van der Waals surface area contributed by atoms with Crippen LogP contribution in [-0.4, -0.2) is 5.91 Å². The van der Waals surface area contributed by atoms with Crippen LogP contribution in [0.4, 0.5) is 5.69 Å². The van der Waals surface area contributed by atoms with Crippen LogP contribution < -0.4 is 5.32 Å². The van der Waals surface area contributed by atoms with Gasteiger partial charge in [0.1, 0.15) is 0 Å². The van der Waals surface area contributed by atoms with Gasteiger partial charge in [-0.05, 0) is 49.4 Å². The Labute approximate surface area is 111 Å². The molecule has 17 heavy (non-hydrogen) atoms. The molecule has 1 amide bonds. The molecule has 92 valence electrons. The van der Waals surface area contributed by atoms with E-state index in [2.05, 4.69) is 28.2 Å². The molecule has 1 aromatic carbocycles. The molecule has 0 aliphatic heterocycles. The average molecular weight is 296 g/mol. The maximum atomic E-state index is 12.1. The van der Waals surface area contributed by atoms with Crippen LogP contribution in [0.15, 0.2) is 22.7 Å². The first kappa shape index (κ1) is 12.6. The maximum absolute atomic E-state index is 12.1. The van der Waals surface area contributed by atoms with Crippen LogP contribution in [0.3, 0.4) is 0 Å². The highest BCUT2D eigenvalue weighted by Crippen LogP contribution is 2.32. The molecule has 0 bridgehead atoms. The lowest BCUT2D eigenvalue weighted by molar-refractivity contribution is -0.120. The maximum Gasteiger partial charge on any atom is 0.227 e. The smallest absolute Gasteiger partial charge is 0.227 e. The number of anilines is 1. The number of rotatable bonds is 2. The van der Waals surface area contributed by atoms with E-state index in [1.807, 2.05) is 25.1 Å². The van der Waals surface area contributed by atoms with Crippen LogP contribution in [0.5, 0.6) is 0 Å². The number of amides is 1. The monoisotopic (exact) mass is 295 g/mol. The lowest BCUT2D eigenvalue weighted by Gasteiger charge is -2.16. The van der Waals surface area contributed by atoms with Crippen LogP contribution in [0.2, 0.25) is 0 Å². The van der Waals surface area contributed by atoms with Gasteiger partial charge in [0.25, 0.3) is 0 Å². The van der Waals surface area contributed by atoms with E-state index in [1.165, 1.54) is 12.8 Å². The predicted octanol–water partition coefficient (Wildman–Crippen LogP) is 4.13. The fourth-order valence-corrected chi connectivity index (χ4v) is 3.00. The van der Waals surface area contributed by atoms with Gasteiger partial charge in [0.15, 0.2) is 0 Å². The Bertz CT molecular complexity index is 430. The van der Waals surface area contributed by atoms with Crippen LogP contribution in [-0.2, 0) is 4.79 Å². The molecular weight excluding hydrogens is 278 g/mol. The van der Waals surface area contributed by atoms with E-state index in [9.17, 15) is 4.79 Å². The zero-order valence-electron chi connectivity index (χ0n) is 10.3. The molecule has 1 aliphatic carbocycles. The highest BCUT2D eigenvalue weighted by molar-refractivity contribution is 9.10. The average Bonchev–Trinajstić information content (AvgIpc) is 2.68. The number of carbonyl (C=O) groups is 1. The van der Waals surface area contributed by atoms with Crippen molar-refractivity contribution in [1.82, 2.24) is 0 Å². The molecule has 0 spiro atoms. The summed E-state index contributed by atoms with van der Waals surface area (Å²) in [6.07, 6.45) is 3.39. The summed E-state index contributed by atoms with van der Waals surface area (Å²) in [6.45, 7) is 4.18. The van der Waals surface area contributed by atoms with Crippen molar-refractivity contribution in [3.63, 3.8) is 0 Å². The summed E-state index contributed by atoms with van der Waals surface area (Å²) in [5.74, 6) is 0.893. The molecule has 1 N–H and O–H groups in total. The van der Waals surface area contributed by atoms with E-state index in [-0.39, 0.29) is 11.8 Å². The zero-order chi connectivity index (χ0) is 12.4. The van der Waals surface area contributed by atoms with Crippen molar-refractivity contribution in [1.29, 1.82) is 0 Å². The summed E-state index contributed by atoms with van der Waals surface area (Å²) < 4.78 is 1.04. The number of hydrogen-bond acceptors (Lipinski definition) is 1. The molecule has 3 heteroatoms. The summed E-state index contributed by atoms with van der Waals surface area (Å²) in [5.41, 5.74) is 2.02. The Hall–Kier alpha value is -0.830. The van der Waals surface area contributed by atoms with Crippen molar-refractivity contribution in [2.75, 3.05) is 5.32 Å². The van der Waals surface area contributed by atoms with E-state index in [0.717, 1.165) is 22.1 Å². The standard InChI is InChI=1S/C14H18BrNO/c1-9-4-3-5-12(9)14(17)16-13-7-6-11(15)8-10(13)2/h6-9,12H,3-5H2,1-2H3,(H,16,17). The number of carbonyl (C=O) groups excluding carboxylic acids is 1. The Morgan fingerprint density at radius 2 is 2.18 bits per heavy atom. The molecule has 1 fully saturated rings. The molecular formula is C14H18BrNO. The quantitative estimate of drug-likeness (QED) is 0.873. The molecule has 2 nitrogen and oxygen atoms in total. The topological polar surface area (TPSA) is 29.1 Å². The first-order valence-electron chi connectivity index (χ1n) is 6.15. The number of hydrogen-bond donors (Lipinski definition) is 1. The minimum Gasteiger partial charge on any atom is -0.326 e. The minimum atomic E-state index is 0.181. The Balaban J connectivity index is 2.07. The number of nitrogens with one attached hydrogen (secondary N) is 1. The van der Waals surface area contributed by atoms with E-state index in [1.54, 1.807) is 0 Å². The van der Waals surface area contributed by atoms with E-state index >= 15 is 0 Å². The summed E-state index contributed by atoms with van der Waals surface area (Å²) in [5, 5.41) is 3.05. The van der Waals surface area contributed by atoms with Crippen LogP contribution in [0, 0.1) is 18.8 Å². The molecule has 2 atom stereocenters. The fourth-order valence-electron chi connectivity index (χ4n) is 2.53. The molecule has 0 saturated heterocycles. The lowest BCUT2D eigenvalue weighted by Crippen LogP contribution is -2.24. The van der Waals surface area contributed by atoms with Gasteiger partial charge >= 0.3 is 0 Å². The summed E-state index contributed by atoms with van der Waals surface area (Å²) in [4.78, 5) is 12.1. The van der Waals surface area contributed by atoms with Gasteiger partial charge < -0.3 is 5.32 Å². The minimum absolute atomic E-state index is 0.181. The third-order valence-corrected chi connectivity index (χ3v) is 4.14. The van der Waals surface area contributed by atoms with Crippen molar-refractivity contribution in [2.24, 2.45) is 11.8 Å². The van der Waals surface area contributed by atoms with Crippen molar-refractivity contribution in [3.8, 4) is 0 Å². The SMILES string of the molecule is Cc1cc(Br)ccc1NC(=O)C1CCCC1C. The number of benzene rings is 1. The normalized spacial score (nSPS) is 23.7. The van der Waals surface area contributed by atoms with E-state index in [4.69, 9.17) is 0 Å². The molecule has 0 aromatic heterocycles. The van der Waals surface area contributed by atoms with Gasteiger partial charge in [0.2, 0.25) is 5.91 Å². The Kier molecular flexibility index (Phi) is 3.87. The molecule has 2 unspecified atom stereocenters. The predicted molar refractivity (Wildman–Crippen MR) is 74.0 cm³/mol. The van der Waals surface area contributed by atoms with Gasteiger partial charge in [-0.25, -0.2) is 0 Å². The fraction of sp³-hybridized carbons (Fsp3) is 0.500. The van der Waals surface area contributed by atoms with Crippen LogP contribution in [0.25, 0.3) is 0 Å². The molecule has 1 aromatic rings. The van der Waals surface area contributed by atoms with Gasteiger partial charge in [0.05, 0.1) is 0 Å². The van der Waals surface area contributed by atoms with Crippen molar-refractivity contribution in [2.45, 2.75) is 33.1 Å². The second kappa shape index (κ2) is 5.21. The highest BCUT2D eigenvalue weighted by Gasteiger charge is 2.29. The first-order valence-corrected chi connectivity index (χ1v) is 6.94. The number of halogens is 1. The second-order valence-corrected chi connectivity index (χ2v) is 5.88.